The van der Waals surface area contributed by atoms with Crippen molar-refractivity contribution in [2.45, 2.75) is 0 Å². The lowest BCUT2D eigenvalue weighted by atomic mass is 9.95. The van der Waals surface area contributed by atoms with Crippen LogP contribution in [0.3, 0.4) is 0 Å². The molecule has 55 heavy (non-hydrogen) atoms. The summed E-state index contributed by atoms with van der Waals surface area (Å²) >= 11 is 1.86. The summed E-state index contributed by atoms with van der Waals surface area (Å²) in [6, 6.07) is 72.4. The number of hydrogen-bond donors (Lipinski definition) is 0. The minimum absolute atomic E-state index is 0.900. The molecule has 258 valence electrons. The topological polar surface area (TPSA) is 16.4 Å². The number of thiophene rings is 1. The van der Waals surface area contributed by atoms with Crippen molar-refractivity contribution in [2.24, 2.45) is 0 Å². The number of benzene rings is 9. The summed E-state index contributed by atoms with van der Waals surface area (Å²) in [7, 11) is 0. The number of rotatable bonds is 6. The summed E-state index contributed by atoms with van der Waals surface area (Å²) in [5, 5.41) is 7.34. The van der Waals surface area contributed by atoms with Crippen LogP contribution < -0.4 is 4.90 Å². The van der Waals surface area contributed by atoms with Crippen LogP contribution in [0.4, 0.5) is 17.1 Å². The Hall–Kier alpha value is -6.94. The summed E-state index contributed by atoms with van der Waals surface area (Å²) in [6.45, 7) is 0. The second-order valence-corrected chi connectivity index (χ2v) is 15.2. The van der Waals surface area contributed by atoms with Gasteiger partial charge in [0.15, 0.2) is 0 Å². The number of fused-ring (bicyclic) bond motifs is 7. The highest BCUT2D eigenvalue weighted by molar-refractivity contribution is 7.25. The minimum atomic E-state index is 0.900. The van der Waals surface area contributed by atoms with E-state index in [1.54, 1.807) is 0 Å². The molecule has 2 heterocycles. The third-order valence-electron chi connectivity index (χ3n) is 10.9. The summed E-state index contributed by atoms with van der Waals surface area (Å²) in [5.41, 5.74) is 12.2. The predicted octanol–water partition coefficient (Wildman–Crippen LogP) is 15.6. The molecule has 9 aromatic carbocycles. The molecular weight excluding hydrogens is 687 g/mol. The number of anilines is 3. The van der Waals surface area contributed by atoms with Crippen molar-refractivity contribution in [1.82, 2.24) is 0 Å². The molecule has 0 spiro atoms. The van der Waals surface area contributed by atoms with Gasteiger partial charge in [-0.1, -0.05) is 140 Å². The highest BCUT2D eigenvalue weighted by Crippen LogP contribution is 2.45. The molecule has 0 saturated heterocycles. The maximum absolute atomic E-state index is 6.19. The standard InChI is InChI=1S/C52H33NOS/c1-2-18-41-34(12-1)13-11-22-42(41)43-19-3-6-23-48(43)53(39-16-9-14-35(30-39)37-27-29-50-47(32-37)44-20-4-7-24-49(44)54-50)40-17-10-15-36(31-40)38-26-28-46-45-21-5-8-25-51(45)55-52(46)33-38/h1-33H. The van der Waals surface area contributed by atoms with Crippen LogP contribution in [0.2, 0.25) is 0 Å². The molecular formula is C52H33NOS. The van der Waals surface area contributed by atoms with E-state index in [-0.39, 0.29) is 0 Å². The summed E-state index contributed by atoms with van der Waals surface area (Å²) in [6.07, 6.45) is 0. The van der Waals surface area contributed by atoms with E-state index in [1.807, 2.05) is 23.5 Å². The lowest BCUT2D eigenvalue weighted by Gasteiger charge is -2.29. The highest BCUT2D eigenvalue weighted by atomic mass is 32.1. The average molecular weight is 720 g/mol. The van der Waals surface area contributed by atoms with Crippen LogP contribution in [0.5, 0.6) is 0 Å². The van der Waals surface area contributed by atoms with Crippen LogP contribution in [-0.2, 0) is 0 Å². The van der Waals surface area contributed by atoms with Gasteiger partial charge in [0.25, 0.3) is 0 Å². The van der Waals surface area contributed by atoms with Gasteiger partial charge in [0.05, 0.1) is 5.69 Å². The van der Waals surface area contributed by atoms with E-state index in [9.17, 15) is 0 Å². The van der Waals surface area contributed by atoms with Crippen LogP contribution in [0, 0.1) is 0 Å². The van der Waals surface area contributed by atoms with Crippen LogP contribution in [0.25, 0.3) is 86.3 Å². The lowest BCUT2D eigenvalue weighted by Crippen LogP contribution is -2.11. The number of para-hydroxylation sites is 2. The van der Waals surface area contributed by atoms with Gasteiger partial charge in [0, 0.05) is 47.9 Å². The lowest BCUT2D eigenvalue weighted by molar-refractivity contribution is 0.669. The molecule has 0 N–H and O–H groups in total. The van der Waals surface area contributed by atoms with Crippen molar-refractivity contribution in [2.75, 3.05) is 4.90 Å². The fraction of sp³-hybridized carbons (Fsp3) is 0. The Bertz CT molecular complexity index is 3240. The second kappa shape index (κ2) is 12.9. The zero-order valence-corrected chi connectivity index (χ0v) is 30.6. The van der Waals surface area contributed by atoms with E-state index in [1.165, 1.54) is 53.2 Å². The SMILES string of the molecule is c1cc(-c2ccc3c(c2)sc2ccccc23)cc(N(c2cccc(-c3ccc4oc5ccccc5c4c3)c2)c2ccccc2-c2cccc3ccccc23)c1. The maximum Gasteiger partial charge on any atom is 0.135 e. The molecule has 0 amide bonds. The zero-order valence-electron chi connectivity index (χ0n) is 29.8. The smallest absolute Gasteiger partial charge is 0.135 e. The van der Waals surface area contributed by atoms with Crippen LogP contribution in [0.1, 0.15) is 0 Å². The molecule has 0 fully saturated rings. The highest BCUT2D eigenvalue weighted by Gasteiger charge is 2.20. The quantitative estimate of drug-likeness (QED) is 0.170. The van der Waals surface area contributed by atoms with Gasteiger partial charge in [-0.25, -0.2) is 0 Å². The van der Waals surface area contributed by atoms with Crippen LogP contribution >= 0.6 is 11.3 Å². The number of furan rings is 1. The Kier molecular flexibility index (Phi) is 7.39. The van der Waals surface area contributed by atoms with Crippen molar-refractivity contribution < 1.29 is 4.42 Å². The first-order valence-electron chi connectivity index (χ1n) is 18.7. The van der Waals surface area contributed by atoms with Gasteiger partial charge >= 0.3 is 0 Å². The van der Waals surface area contributed by atoms with Gasteiger partial charge in [-0.3, -0.25) is 0 Å². The molecule has 0 bridgehead atoms. The third kappa shape index (κ3) is 5.40. The van der Waals surface area contributed by atoms with Gasteiger partial charge in [-0.2, -0.15) is 0 Å². The Morgan fingerprint density at radius 3 is 1.78 bits per heavy atom. The molecule has 2 nitrogen and oxygen atoms in total. The largest absolute Gasteiger partial charge is 0.456 e. The number of nitrogens with zero attached hydrogens (tertiary/aromatic N) is 1. The number of hydrogen-bond acceptors (Lipinski definition) is 3. The van der Waals surface area contributed by atoms with Crippen molar-refractivity contribution in [3.05, 3.63) is 200 Å². The van der Waals surface area contributed by atoms with E-state index in [4.69, 9.17) is 4.42 Å². The fourth-order valence-electron chi connectivity index (χ4n) is 8.24. The molecule has 11 rings (SSSR count). The Balaban J connectivity index is 1.10. The van der Waals surface area contributed by atoms with Gasteiger partial charge < -0.3 is 9.32 Å². The zero-order chi connectivity index (χ0) is 36.3. The fourth-order valence-corrected chi connectivity index (χ4v) is 9.39. The molecule has 0 unspecified atom stereocenters. The van der Waals surface area contributed by atoms with Crippen LogP contribution in [0.15, 0.2) is 205 Å². The van der Waals surface area contributed by atoms with E-state index >= 15 is 0 Å². The molecule has 0 saturated carbocycles. The van der Waals surface area contributed by atoms with Gasteiger partial charge in [-0.15, -0.1) is 11.3 Å². The molecule has 0 aliphatic carbocycles. The van der Waals surface area contributed by atoms with Gasteiger partial charge in [0.2, 0.25) is 0 Å². The third-order valence-corrected chi connectivity index (χ3v) is 12.0. The van der Waals surface area contributed by atoms with E-state index in [0.717, 1.165) is 50.1 Å². The van der Waals surface area contributed by atoms with E-state index < -0.39 is 0 Å². The van der Waals surface area contributed by atoms with Crippen molar-refractivity contribution in [1.29, 1.82) is 0 Å². The van der Waals surface area contributed by atoms with Crippen molar-refractivity contribution in [3.63, 3.8) is 0 Å². The van der Waals surface area contributed by atoms with Crippen molar-refractivity contribution >= 4 is 81.3 Å². The maximum atomic E-state index is 6.19. The molecule has 11 aromatic rings. The molecule has 0 aliphatic rings. The first kappa shape index (κ1) is 31.6. The predicted molar refractivity (Wildman–Crippen MR) is 235 cm³/mol. The molecule has 2 aromatic heterocycles. The molecule has 0 radical (unpaired) electrons. The summed E-state index contributed by atoms with van der Waals surface area (Å²) < 4.78 is 8.81. The molecule has 0 atom stereocenters. The summed E-state index contributed by atoms with van der Waals surface area (Å²) in [5.74, 6) is 0. The average Bonchev–Trinajstić information content (AvgIpc) is 3.82. The Morgan fingerprint density at radius 2 is 0.927 bits per heavy atom. The normalized spacial score (nSPS) is 11.6. The van der Waals surface area contributed by atoms with Gasteiger partial charge in [0.1, 0.15) is 11.2 Å². The monoisotopic (exact) mass is 719 g/mol. The first-order valence-corrected chi connectivity index (χ1v) is 19.5. The van der Waals surface area contributed by atoms with E-state index in [0.29, 0.717) is 0 Å². The van der Waals surface area contributed by atoms with Crippen LogP contribution in [-0.4, -0.2) is 0 Å². The minimum Gasteiger partial charge on any atom is -0.456 e. The molecule has 3 heteroatoms. The first-order chi connectivity index (χ1) is 27.2. The van der Waals surface area contributed by atoms with E-state index in [2.05, 4.69) is 193 Å². The second-order valence-electron chi connectivity index (χ2n) is 14.1. The van der Waals surface area contributed by atoms with Crippen molar-refractivity contribution in [3.8, 4) is 33.4 Å². The Morgan fingerprint density at radius 1 is 0.345 bits per heavy atom. The van der Waals surface area contributed by atoms with Gasteiger partial charge in [-0.05, 0) is 99.3 Å². The summed E-state index contributed by atoms with van der Waals surface area (Å²) in [4.78, 5) is 2.42. The molecule has 0 aliphatic heterocycles. The Labute approximate surface area is 322 Å².